The van der Waals surface area contributed by atoms with Crippen LogP contribution in [-0.4, -0.2) is 49.9 Å². The maximum Gasteiger partial charge on any atom is 0.248 e. The van der Waals surface area contributed by atoms with Gasteiger partial charge in [-0.05, 0) is 48.9 Å². The fourth-order valence-electron chi connectivity index (χ4n) is 3.16. The summed E-state index contributed by atoms with van der Waals surface area (Å²) in [4.78, 5) is 16.9. The molecule has 2 heterocycles. The smallest absolute Gasteiger partial charge is 0.248 e. The molecule has 2 aromatic carbocycles. The molecule has 1 aliphatic heterocycles. The summed E-state index contributed by atoms with van der Waals surface area (Å²) in [7, 11) is -3.52. The summed E-state index contributed by atoms with van der Waals surface area (Å²) in [6, 6.07) is 12.1. The molecule has 1 fully saturated rings. The van der Waals surface area contributed by atoms with Crippen LogP contribution in [0.25, 0.3) is 16.3 Å². The van der Waals surface area contributed by atoms with Crippen LogP contribution in [0.1, 0.15) is 10.6 Å². The van der Waals surface area contributed by atoms with Gasteiger partial charge in [-0.3, -0.25) is 4.79 Å². The van der Waals surface area contributed by atoms with Crippen LogP contribution >= 0.6 is 11.3 Å². The number of fused-ring (bicyclic) bond motifs is 1. The minimum atomic E-state index is -3.52. The van der Waals surface area contributed by atoms with Crippen LogP contribution < -0.4 is 5.32 Å². The number of amides is 1. The van der Waals surface area contributed by atoms with Gasteiger partial charge < -0.3 is 10.1 Å². The Balaban J connectivity index is 1.41. The van der Waals surface area contributed by atoms with E-state index in [0.29, 0.717) is 32.0 Å². The van der Waals surface area contributed by atoms with E-state index in [9.17, 15) is 13.2 Å². The average molecular weight is 444 g/mol. The Labute approximate surface area is 179 Å². The molecule has 0 spiro atoms. The molecule has 156 valence electrons. The van der Waals surface area contributed by atoms with Gasteiger partial charge in [-0.1, -0.05) is 12.1 Å². The van der Waals surface area contributed by atoms with E-state index in [2.05, 4.69) is 10.3 Å². The average Bonchev–Trinajstić information content (AvgIpc) is 3.12. The summed E-state index contributed by atoms with van der Waals surface area (Å²) in [6.45, 7) is 3.48. The summed E-state index contributed by atoms with van der Waals surface area (Å²) in [6.07, 6.45) is 3.07. The molecular weight excluding hydrogens is 422 g/mol. The Hall–Kier alpha value is -2.59. The molecule has 3 aromatic rings. The quantitative estimate of drug-likeness (QED) is 0.612. The number of anilines is 1. The molecule has 7 nitrogen and oxygen atoms in total. The number of aromatic nitrogens is 1. The number of rotatable bonds is 5. The van der Waals surface area contributed by atoms with Gasteiger partial charge in [0.05, 0.1) is 33.3 Å². The lowest BCUT2D eigenvalue weighted by Gasteiger charge is -2.26. The first kappa shape index (κ1) is 20.7. The Morgan fingerprint density at radius 1 is 1.17 bits per heavy atom. The topological polar surface area (TPSA) is 88.6 Å². The largest absolute Gasteiger partial charge is 0.379 e. The van der Waals surface area contributed by atoms with Gasteiger partial charge in [-0.2, -0.15) is 4.31 Å². The van der Waals surface area contributed by atoms with Crippen LogP contribution in [-0.2, 0) is 19.6 Å². The van der Waals surface area contributed by atoms with Gasteiger partial charge in [0, 0.05) is 24.9 Å². The van der Waals surface area contributed by atoms with Gasteiger partial charge in [-0.15, -0.1) is 11.3 Å². The standard InChI is InChI=1S/C21H21N3O4S2/c1-15-22-19-8-5-17(14-20(19)29-15)23-21(25)9-4-16-2-6-18(7-3-16)30(26,27)24-10-12-28-13-11-24/h2-9,14H,10-13H2,1H3,(H,23,25)/b9-4+. The molecule has 0 atom stereocenters. The van der Waals surface area contributed by atoms with Crippen LogP contribution in [0.3, 0.4) is 0 Å². The van der Waals surface area contributed by atoms with Gasteiger partial charge in [0.25, 0.3) is 0 Å². The molecule has 9 heteroatoms. The Morgan fingerprint density at radius 3 is 2.63 bits per heavy atom. The van der Waals surface area contributed by atoms with E-state index in [4.69, 9.17) is 4.74 Å². The Morgan fingerprint density at radius 2 is 1.90 bits per heavy atom. The van der Waals surface area contributed by atoms with Crippen molar-refractivity contribution in [2.45, 2.75) is 11.8 Å². The van der Waals surface area contributed by atoms with Crippen LogP contribution in [0, 0.1) is 6.92 Å². The summed E-state index contributed by atoms with van der Waals surface area (Å²) < 4.78 is 33.0. The third-order valence-corrected chi connectivity index (χ3v) is 7.52. The Bertz CT molecular complexity index is 1190. The van der Waals surface area contributed by atoms with Crippen LogP contribution in [0.2, 0.25) is 0 Å². The van der Waals surface area contributed by atoms with Crippen molar-refractivity contribution in [2.24, 2.45) is 0 Å². The number of ether oxygens (including phenoxy) is 1. The lowest BCUT2D eigenvalue weighted by atomic mass is 10.2. The number of carbonyl (C=O) groups excluding carboxylic acids is 1. The zero-order valence-corrected chi connectivity index (χ0v) is 18.0. The van der Waals surface area contributed by atoms with Crippen molar-refractivity contribution in [2.75, 3.05) is 31.6 Å². The second-order valence-corrected chi connectivity index (χ2v) is 10.00. The zero-order valence-electron chi connectivity index (χ0n) is 16.4. The van der Waals surface area contributed by atoms with Gasteiger partial charge in [0.2, 0.25) is 15.9 Å². The second-order valence-electron chi connectivity index (χ2n) is 6.82. The fraction of sp³-hybridized carbons (Fsp3) is 0.238. The predicted molar refractivity (Wildman–Crippen MR) is 118 cm³/mol. The molecule has 1 aromatic heterocycles. The zero-order chi connectivity index (χ0) is 21.1. The minimum absolute atomic E-state index is 0.235. The van der Waals surface area contributed by atoms with Crippen LogP contribution in [0.15, 0.2) is 53.4 Å². The highest BCUT2D eigenvalue weighted by molar-refractivity contribution is 7.89. The van der Waals surface area contributed by atoms with Crippen molar-refractivity contribution in [3.8, 4) is 0 Å². The highest BCUT2D eigenvalue weighted by atomic mass is 32.2. The van der Waals surface area contributed by atoms with E-state index in [-0.39, 0.29) is 10.8 Å². The molecule has 4 rings (SSSR count). The maximum atomic E-state index is 12.6. The summed E-state index contributed by atoms with van der Waals surface area (Å²) in [5.74, 6) is -0.263. The molecule has 0 radical (unpaired) electrons. The SMILES string of the molecule is Cc1nc2ccc(NC(=O)/C=C/c3ccc(S(=O)(=O)N4CCOCC4)cc3)cc2s1. The van der Waals surface area contributed by atoms with E-state index in [1.807, 2.05) is 25.1 Å². The first-order valence-corrected chi connectivity index (χ1v) is 11.7. The van der Waals surface area contributed by atoms with Crippen molar-refractivity contribution < 1.29 is 17.9 Å². The number of aryl methyl sites for hydroxylation is 1. The molecule has 1 amide bonds. The highest BCUT2D eigenvalue weighted by Crippen LogP contribution is 2.25. The molecule has 1 N–H and O–H groups in total. The number of morpholine rings is 1. The van der Waals surface area contributed by atoms with E-state index < -0.39 is 10.0 Å². The molecule has 30 heavy (non-hydrogen) atoms. The lowest BCUT2D eigenvalue weighted by Crippen LogP contribution is -2.40. The van der Waals surface area contributed by atoms with Crippen LogP contribution in [0.5, 0.6) is 0 Å². The highest BCUT2D eigenvalue weighted by Gasteiger charge is 2.25. The summed E-state index contributed by atoms with van der Waals surface area (Å²) >= 11 is 1.58. The molecule has 1 saturated heterocycles. The van der Waals surface area contributed by atoms with Crippen molar-refractivity contribution >= 4 is 49.2 Å². The van der Waals surface area contributed by atoms with E-state index >= 15 is 0 Å². The molecule has 1 aliphatic rings. The van der Waals surface area contributed by atoms with Gasteiger partial charge in [0.15, 0.2) is 0 Å². The fourth-order valence-corrected chi connectivity index (χ4v) is 5.43. The number of carbonyl (C=O) groups is 1. The van der Waals surface area contributed by atoms with E-state index in [0.717, 1.165) is 20.8 Å². The number of sulfonamides is 1. The molecule has 0 unspecified atom stereocenters. The molecular formula is C21H21N3O4S2. The monoisotopic (exact) mass is 443 g/mol. The van der Waals surface area contributed by atoms with Gasteiger partial charge in [-0.25, -0.2) is 13.4 Å². The van der Waals surface area contributed by atoms with Crippen molar-refractivity contribution in [1.82, 2.24) is 9.29 Å². The second kappa shape index (κ2) is 8.65. The first-order chi connectivity index (χ1) is 14.4. The van der Waals surface area contributed by atoms with Crippen LogP contribution in [0.4, 0.5) is 5.69 Å². The number of nitrogens with one attached hydrogen (secondary N) is 1. The van der Waals surface area contributed by atoms with Gasteiger partial charge in [0.1, 0.15) is 0 Å². The van der Waals surface area contributed by atoms with Crippen molar-refractivity contribution in [3.63, 3.8) is 0 Å². The molecule has 0 saturated carbocycles. The molecule has 0 bridgehead atoms. The van der Waals surface area contributed by atoms with E-state index in [1.54, 1.807) is 41.7 Å². The summed E-state index contributed by atoms with van der Waals surface area (Å²) in [5, 5.41) is 3.81. The van der Waals surface area contributed by atoms with Gasteiger partial charge >= 0.3 is 0 Å². The number of hydrogen-bond donors (Lipinski definition) is 1. The number of benzene rings is 2. The number of nitrogens with zero attached hydrogens (tertiary/aromatic N) is 2. The normalized spacial score (nSPS) is 15.6. The Kier molecular flexibility index (Phi) is 5.96. The number of thiazole rings is 1. The third kappa shape index (κ3) is 4.59. The minimum Gasteiger partial charge on any atom is -0.379 e. The van der Waals surface area contributed by atoms with Crippen molar-refractivity contribution in [1.29, 1.82) is 0 Å². The van der Waals surface area contributed by atoms with E-state index in [1.165, 1.54) is 10.4 Å². The van der Waals surface area contributed by atoms with Crippen molar-refractivity contribution in [3.05, 3.63) is 59.1 Å². The lowest BCUT2D eigenvalue weighted by molar-refractivity contribution is -0.111. The first-order valence-electron chi connectivity index (χ1n) is 9.46. The third-order valence-electron chi connectivity index (χ3n) is 4.68. The predicted octanol–water partition coefficient (Wildman–Crippen LogP) is 3.28. The summed E-state index contributed by atoms with van der Waals surface area (Å²) in [5.41, 5.74) is 2.35. The maximum absolute atomic E-state index is 12.6. The number of hydrogen-bond acceptors (Lipinski definition) is 6. The molecule has 0 aliphatic carbocycles.